The maximum absolute atomic E-state index is 12.3. The Morgan fingerprint density at radius 3 is 2.64 bits per heavy atom. The number of nitrogens with zero attached hydrogens (tertiary/aromatic N) is 2. The van der Waals surface area contributed by atoms with Gasteiger partial charge in [-0.2, -0.15) is 5.10 Å². The van der Waals surface area contributed by atoms with E-state index in [9.17, 15) is 9.59 Å². The summed E-state index contributed by atoms with van der Waals surface area (Å²) in [5.41, 5.74) is 0. The summed E-state index contributed by atoms with van der Waals surface area (Å²) in [4.78, 5) is 24.4. The highest BCUT2D eigenvalue weighted by Gasteiger charge is 2.29. The molecule has 1 atom stereocenters. The summed E-state index contributed by atoms with van der Waals surface area (Å²) in [6.07, 6.45) is 7.45. The Labute approximate surface area is 152 Å². The van der Waals surface area contributed by atoms with E-state index >= 15 is 0 Å². The van der Waals surface area contributed by atoms with Crippen molar-refractivity contribution in [2.24, 2.45) is 11.8 Å². The van der Waals surface area contributed by atoms with Crippen LogP contribution in [0.3, 0.4) is 0 Å². The molecule has 2 aliphatic rings. The monoisotopic (exact) mass is 368 g/mol. The van der Waals surface area contributed by atoms with E-state index < -0.39 is 0 Å². The zero-order chi connectivity index (χ0) is 17.6. The number of amides is 2. The summed E-state index contributed by atoms with van der Waals surface area (Å²) in [6.45, 7) is 2.35. The number of rotatable bonds is 6. The molecule has 138 valence electrons. The Hall–Kier alpha value is -1.60. The number of hydrogen-bond donors (Lipinski definition) is 2. The largest absolute Gasteiger partial charge is 0.381 e. The fourth-order valence-electron chi connectivity index (χ4n) is 3.46. The maximum atomic E-state index is 12.3. The molecule has 0 spiro atoms. The quantitative estimate of drug-likeness (QED) is 0.794. The van der Waals surface area contributed by atoms with Gasteiger partial charge in [0.2, 0.25) is 11.8 Å². The molecule has 0 radical (unpaired) electrons. The van der Waals surface area contributed by atoms with Crippen LogP contribution in [0.25, 0.3) is 0 Å². The lowest BCUT2D eigenvalue weighted by Gasteiger charge is -2.29. The molecule has 0 bridgehead atoms. The summed E-state index contributed by atoms with van der Waals surface area (Å²) in [7, 11) is 0. The van der Waals surface area contributed by atoms with Crippen molar-refractivity contribution >= 4 is 23.4 Å². The van der Waals surface area contributed by atoms with Crippen molar-refractivity contribution in [1.82, 2.24) is 20.4 Å². The second kappa shape index (κ2) is 8.67. The van der Waals surface area contributed by atoms with Crippen LogP contribution in [-0.2, 0) is 20.9 Å². The van der Waals surface area contributed by atoms with Crippen LogP contribution < -0.4 is 10.6 Å². The second-order valence-electron chi connectivity index (χ2n) is 6.83. The topological polar surface area (TPSA) is 85.3 Å². The number of aromatic nitrogens is 2. The van der Waals surface area contributed by atoms with Crippen LogP contribution in [0.5, 0.6) is 0 Å². The predicted molar refractivity (Wildman–Crippen MR) is 93.1 cm³/mol. The van der Waals surface area contributed by atoms with Crippen LogP contribution in [0.2, 0.25) is 5.02 Å². The highest BCUT2D eigenvalue weighted by molar-refractivity contribution is 6.30. The second-order valence-corrected chi connectivity index (χ2v) is 7.27. The normalized spacial score (nSPS) is 26.4. The molecule has 25 heavy (non-hydrogen) atoms. The average Bonchev–Trinajstić information content (AvgIpc) is 3.27. The highest BCUT2D eigenvalue weighted by Crippen LogP contribution is 2.25. The Kier molecular flexibility index (Phi) is 6.31. The first kappa shape index (κ1) is 18.2. The fraction of sp³-hybridized carbons (Fsp3) is 0.706. The van der Waals surface area contributed by atoms with E-state index in [1.54, 1.807) is 17.1 Å². The predicted octanol–water partition coefficient (Wildman–Crippen LogP) is 1.36. The summed E-state index contributed by atoms with van der Waals surface area (Å²) in [5, 5.41) is 10.7. The van der Waals surface area contributed by atoms with Gasteiger partial charge in [0, 0.05) is 31.3 Å². The third-order valence-corrected chi connectivity index (χ3v) is 5.18. The average molecular weight is 369 g/mol. The minimum Gasteiger partial charge on any atom is -0.381 e. The summed E-state index contributed by atoms with van der Waals surface area (Å²) < 4.78 is 6.97. The van der Waals surface area contributed by atoms with E-state index in [4.69, 9.17) is 16.3 Å². The molecule has 2 N–H and O–H groups in total. The third kappa shape index (κ3) is 5.19. The fourth-order valence-corrected chi connectivity index (χ4v) is 3.62. The van der Waals surface area contributed by atoms with E-state index in [1.165, 1.54) is 0 Å². The number of hydrogen-bond acceptors (Lipinski definition) is 4. The van der Waals surface area contributed by atoms with Crippen molar-refractivity contribution in [3.63, 3.8) is 0 Å². The Morgan fingerprint density at radius 1 is 1.20 bits per heavy atom. The number of carbonyl (C=O) groups excluding carboxylic acids is 2. The Balaban J connectivity index is 1.33. The lowest BCUT2D eigenvalue weighted by Crippen LogP contribution is -2.43. The molecule has 2 heterocycles. The van der Waals surface area contributed by atoms with Gasteiger partial charge in [0.05, 0.1) is 30.3 Å². The number of halogens is 1. The molecule has 1 aliphatic carbocycles. The molecule has 2 fully saturated rings. The standard InChI is InChI=1S/C17H25ClN4O3/c18-14-9-20-22(10-14)7-6-19-16(23)12-1-3-15(4-2-12)21-17(24)13-5-8-25-11-13/h9-10,12-13,15H,1-8,11H2,(H,19,23)(H,21,24). The summed E-state index contributed by atoms with van der Waals surface area (Å²) in [5.74, 6) is 0.219. The maximum Gasteiger partial charge on any atom is 0.225 e. The minimum atomic E-state index is -0.00294. The van der Waals surface area contributed by atoms with Gasteiger partial charge in [0.25, 0.3) is 0 Å². The molecular formula is C17H25ClN4O3. The first-order chi connectivity index (χ1) is 12.1. The van der Waals surface area contributed by atoms with Crippen LogP contribution >= 0.6 is 11.6 Å². The molecule has 1 aliphatic heterocycles. The lowest BCUT2D eigenvalue weighted by molar-refractivity contribution is -0.126. The molecule has 1 saturated heterocycles. The molecule has 1 aromatic rings. The van der Waals surface area contributed by atoms with Gasteiger partial charge >= 0.3 is 0 Å². The third-order valence-electron chi connectivity index (χ3n) is 4.99. The van der Waals surface area contributed by atoms with Crippen molar-refractivity contribution < 1.29 is 14.3 Å². The molecule has 1 aromatic heterocycles. The van der Waals surface area contributed by atoms with Crippen LogP contribution in [0.15, 0.2) is 12.4 Å². The number of carbonyl (C=O) groups is 2. The molecule has 2 amide bonds. The van der Waals surface area contributed by atoms with Gasteiger partial charge < -0.3 is 15.4 Å². The van der Waals surface area contributed by atoms with E-state index in [-0.39, 0.29) is 29.7 Å². The summed E-state index contributed by atoms with van der Waals surface area (Å²) in [6, 6.07) is 0.184. The Bertz CT molecular complexity index is 592. The van der Waals surface area contributed by atoms with Crippen molar-refractivity contribution in [2.75, 3.05) is 19.8 Å². The zero-order valence-electron chi connectivity index (χ0n) is 14.2. The smallest absolute Gasteiger partial charge is 0.225 e. The highest BCUT2D eigenvalue weighted by atomic mass is 35.5. The van der Waals surface area contributed by atoms with Gasteiger partial charge in [-0.15, -0.1) is 0 Å². The molecule has 7 nitrogen and oxygen atoms in total. The van der Waals surface area contributed by atoms with Crippen LogP contribution in [0.4, 0.5) is 0 Å². The van der Waals surface area contributed by atoms with E-state index in [0.29, 0.717) is 31.3 Å². The van der Waals surface area contributed by atoms with Crippen molar-refractivity contribution in [3.05, 3.63) is 17.4 Å². The summed E-state index contributed by atoms with van der Waals surface area (Å²) >= 11 is 5.81. The zero-order valence-corrected chi connectivity index (χ0v) is 15.0. The lowest BCUT2D eigenvalue weighted by atomic mass is 9.85. The molecular weight excluding hydrogens is 344 g/mol. The van der Waals surface area contributed by atoms with Gasteiger partial charge in [0.15, 0.2) is 0 Å². The molecule has 1 unspecified atom stereocenters. The van der Waals surface area contributed by atoms with E-state index in [2.05, 4.69) is 15.7 Å². The molecule has 1 saturated carbocycles. The SMILES string of the molecule is O=C(NCCn1cc(Cl)cn1)C1CCC(NC(=O)C2CCOC2)CC1. The number of ether oxygens (including phenoxy) is 1. The first-order valence-electron chi connectivity index (χ1n) is 8.95. The van der Waals surface area contributed by atoms with Gasteiger partial charge in [-0.05, 0) is 32.1 Å². The van der Waals surface area contributed by atoms with Gasteiger partial charge in [-0.25, -0.2) is 0 Å². The molecule has 0 aromatic carbocycles. The van der Waals surface area contributed by atoms with Crippen LogP contribution in [-0.4, -0.2) is 47.4 Å². The van der Waals surface area contributed by atoms with E-state index in [0.717, 1.165) is 32.1 Å². The Morgan fingerprint density at radius 2 is 2.00 bits per heavy atom. The van der Waals surface area contributed by atoms with Gasteiger partial charge in [0.1, 0.15) is 0 Å². The van der Waals surface area contributed by atoms with Crippen molar-refractivity contribution in [3.8, 4) is 0 Å². The van der Waals surface area contributed by atoms with Crippen molar-refractivity contribution in [2.45, 2.75) is 44.7 Å². The minimum absolute atomic E-state index is 0.00294. The van der Waals surface area contributed by atoms with Crippen LogP contribution in [0, 0.1) is 11.8 Å². The van der Waals surface area contributed by atoms with Gasteiger partial charge in [-0.3, -0.25) is 14.3 Å². The van der Waals surface area contributed by atoms with Crippen LogP contribution in [0.1, 0.15) is 32.1 Å². The van der Waals surface area contributed by atoms with E-state index in [1.807, 2.05) is 0 Å². The molecule has 3 rings (SSSR count). The van der Waals surface area contributed by atoms with Gasteiger partial charge in [-0.1, -0.05) is 11.6 Å². The number of nitrogens with one attached hydrogen (secondary N) is 2. The first-order valence-corrected chi connectivity index (χ1v) is 9.33. The molecule has 8 heteroatoms. The van der Waals surface area contributed by atoms with Crippen molar-refractivity contribution in [1.29, 1.82) is 0 Å².